The number of thiophene rings is 1. The Morgan fingerprint density at radius 1 is 1.19 bits per heavy atom. The molecule has 26 heavy (non-hydrogen) atoms. The lowest BCUT2D eigenvalue weighted by molar-refractivity contribution is 0.102. The molecule has 1 amide bonds. The van der Waals surface area contributed by atoms with Gasteiger partial charge in [-0.15, -0.1) is 27.8 Å². The van der Waals surface area contributed by atoms with E-state index in [-0.39, 0.29) is 11.6 Å². The zero-order valence-corrected chi connectivity index (χ0v) is 16.0. The molecule has 3 heterocycles. The molecule has 0 fully saturated rings. The van der Waals surface area contributed by atoms with Crippen molar-refractivity contribution in [3.63, 3.8) is 0 Å². The topological polar surface area (TPSA) is 72.7 Å². The Hall–Kier alpha value is -2.26. The van der Waals surface area contributed by atoms with Crippen LogP contribution in [0.25, 0.3) is 16.9 Å². The lowest BCUT2D eigenvalue weighted by atomic mass is 10.3. The molecule has 0 saturated heterocycles. The molecule has 130 valence electrons. The summed E-state index contributed by atoms with van der Waals surface area (Å²) in [6.07, 6.45) is 1.41. The maximum absolute atomic E-state index is 12.4. The van der Waals surface area contributed by atoms with Crippen molar-refractivity contribution in [1.82, 2.24) is 20.0 Å². The molecule has 1 N–H and O–H groups in total. The van der Waals surface area contributed by atoms with Crippen molar-refractivity contribution < 1.29 is 4.79 Å². The number of aromatic nitrogens is 4. The Bertz CT molecular complexity index is 1070. The van der Waals surface area contributed by atoms with Crippen molar-refractivity contribution in [3.8, 4) is 16.9 Å². The van der Waals surface area contributed by atoms with E-state index in [0.717, 1.165) is 11.3 Å². The quantitative estimate of drug-likeness (QED) is 0.502. The summed E-state index contributed by atoms with van der Waals surface area (Å²) in [4.78, 5) is 18.1. The Balaban J connectivity index is 1.51. The van der Waals surface area contributed by atoms with E-state index in [2.05, 4.69) is 20.5 Å². The van der Waals surface area contributed by atoms with Gasteiger partial charge in [0.25, 0.3) is 5.91 Å². The molecule has 0 aliphatic carbocycles. The molecule has 10 heteroatoms. The monoisotopic (exact) mass is 421 g/mol. The van der Waals surface area contributed by atoms with Crippen LogP contribution >= 0.6 is 45.9 Å². The number of halogens is 2. The maximum atomic E-state index is 12.4. The largest absolute Gasteiger partial charge is 0.296 e. The number of carbonyl (C=O) groups excluding carboxylic acids is 1. The Kier molecular flexibility index (Phi) is 4.73. The van der Waals surface area contributed by atoms with Gasteiger partial charge in [0.05, 0.1) is 21.9 Å². The van der Waals surface area contributed by atoms with Crippen LogP contribution in [-0.2, 0) is 0 Å². The second kappa shape index (κ2) is 7.16. The zero-order chi connectivity index (χ0) is 18.1. The van der Waals surface area contributed by atoms with Crippen LogP contribution < -0.4 is 5.32 Å². The van der Waals surface area contributed by atoms with Gasteiger partial charge in [-0.1, -0.05) is 41.4 Å². The smallest absolute Gasteiger partial charge is 0.279 e. The number of benzene rings is 1. The molecular weight excluding hydrogens is 413 g/mol. The first-order valence-corrected chi connectivity index (χ1v) is 9.75. The maximum Gasteiger partial charge on any atom is 0.279 e. The summed E-state index contributed by atoms with van der Waals surface area (Å²) in [5.41, 5.74) is 2.37. The van der Waals surface area contributed by atoms with E-state index in [1.807, 2.05) is 30.3 Å². The number of hydrogen-bond donors (Lipinski definition) is 1. The zero-order valence-electron chi connectivity index (χ0n) is 12.9. The third-order valence-corrected chi connectivity index (χ3v) is 5.61. The average Bonchev–Trinajstić information content (AvgIpc) is 3.35. The van der Waals surface area contributed by atoms with Gasteiger partial charge in [0.15, 0.2) is 10.8 Å². The summed E-state index contributed by atoms with van der Waals surface area (Å²) in [5.74, 6) is -0.387. The average molecular weight is 422 g/mol. The van der Waals surface area contributed by atoms with Crippen molar-refractivity contribution >= 4 is 56.9 Å². The van der Waals surface area contributed by atoms with Crippen LogP contribution in [0.3, 0.4) is 0 Å². The molecule has 0 radical (unpaired) electrons. The lowest BCUT2D eigenvalue weighted by Crippen LogP contribution is -2.13. The van der Waals surface area contributed by atoms with E-state index in [4.69, 9.17) is 23.2 Å². The summed E-state index contributed by atoms with van der Waals surface area (Å²) < 4.78 is 1.14. The number of nitrogens with one attached hydrogen (secondary N) is 1. The van der Waals surface area contributed by atoms with E-state index in [1.54, 1.807) is 11.4 Å². The fourth-order valence-electron chi connectivity index (χ4n) is 2.18. The number of rotatable bonds is 4. The number of thiazole rings is 1. The first-order valence-electron chi connectivity index (χ1n) is 7.30. The molecular formula is C16H9Cl2N5OS2. The van der Waals surface area contributed by atoms with Crippen molar-refractivity contribution in [1.29, 1.82) is 0 Å². The second-order valence-corrected chi connectivity index (χ2v) is 8.23. The SMILES string of the molecule is O=C(Nc1nc(-c2cc(Cl)sc2Cl)cs1)c1cnn(-c2ccccc2)n1. The van der Waals surface area contributed by atoms with Crippen LogP contribution in [0, 0.1) is 0 Å². The predicted octanol–water partition coefficient (Wildman–Crippen LogP) is 5.01. The molecule has 4 rings (SSSR count). The van der Waals surface area contributed by atoms with Crippen LogP contribution in [0.15, 0.2) is 48.0 Å². The molecule has 1 aromatic carbocycles. The van der Waals surface area contributed by atoms with Gasteiger partial charge in [-0.2, -0.15) is 9.90 Å². The van der Waals surface area contributed by atoms with E-state index < -0.39 is 0 Å². The summed E-state index contributed by atoms with van der Waals surface area (Å²) in [6.45, 7) is 0. The minimum atomic E-state index is -0.387. The van der Waals surface area contributed by atoms with Gasteiger partial charge in [0, 0.05) is 10.9 Å². The number of para-hydroxylation sites is 1. The van der Waals surface area contributed by atoms with E-state index >= 15 is 0 Å². The Morgan fingerprint density at radius 3 is 2.73 bits per heavy atom. The van der Waals surface area contributed by atoms with Gasteiger partial charge >= 0.3 is 0 Å². The van der Waals surface area contributed by atoms with Crippen LogP contribution in [0.4, 0.5) is 5.13 Å². The van der Waals surface area contributed by atoms with Crippen molar-refractivity contribution in [3.05, 3.63) is 62.3 Å². The van der Waals surface area contributed by atoms with E-state index in [1.165, 1.54) is 33.7 Å². The van der Waals surface area contributed by atoms with Gasteiger partial charge in [0.2, 0.25) is 0 Å². The fraction of sp³-hybridized carbons (Fsp3) is 0. The summed E-state index contributed by atoms with van der Waals surface area (Å²) >= 11 is 14.7. The molecule has 6 nitrogen and oxygen atoms in total. The highest BCUT2D eigenvalue weighted by molar-refractivity contribution is 7.20. The summed E-state index contributed by atoms with van der Waals surface area (Å²) in [7, 11) is 0. The Morgan fingerprint density at radius 2 is 2.00 bits per heavy atom. The summed E-state index contributed by atoms with van der Waals surface area (Å²) in [5, 5.41) is 13.3. The van der Waals surface area contributed by atoms with Crippen molar-refractivity contribution in [2.45, 2.75) is 0 Å². The minimum Gasteiger partial charge on any atom is -0.296 e. The van der Waals surface area contributed by atoms with Gasteiger partial charge in [-0.05, 0) is 18.2 Å². The van der Waals surface area contributed by atoms with Crippen LogP contribution in [0.2, 0.25) is 8.67 Å². The van der Waals surface area contributed by atoms with Crippen LogP contribution in [0.1, 0.15) is 10.5 Å². The highest BCUT2D eigenvalue weighted by Gasteiger charge is 2.16. The van der Waals surface area contributed by atoms with Crippen LogP contribution in [-0.4, -0.2) is 25.9 Å². The lowest BCUT2D eigenvalue weighted by Gasteiger charge is -1.98. The predicted molar refractivity (Wildman–Crippen MR) is 105 cm³/mol. The molecule has 0 atom stereocenters. The molecule has 4 aromatic rings. The van der Waals surface area contributed by atoms with Crippen molar-refractivity contribution in [2.75, 3.05) is 5.32 Å². The number of amides is 1. The van der Waals surface area contributed by atoms with Crippen molar-refractivity contribution in [2.24, 2.45) is 0 Å². The standard InChI is InChI=1S/C16H9Cl2N5OS2/c17-13-6-10(14(18)26-13)12-8-25-16(20-12)21-15(24)11-7-19-23(22-11)9-4-2-1-3-5-9/h1-8H,(H,20,21,24). The fourth-order valence-corrected chi connectivity index (χ4v) is 4.37. The second-order valence-electron chi connectivity index (χ2n) is 5.08. The van der Waals surface area contributed by atoms with E-state index in [9.17, 15) is 4.79 Å². The first kappa shape index (κ1) is 17.2. The molecule has 0 saturated carbocycles. The highest BCUT2D eigenvalue weighted by Crippen LogP contribution is 2.39. The molecule has 3 aromatic heterocycles. The first-order chi connectivity index (χ1) is 12.6. The van der Waals surface area contributed by atoms with Crippen LogP contribution in [0.5, 0.6) is 0 Å². The van der Waals surface area contributed by atoms with Gasteiger partial charge in [-0.3, -0.25) is 10.1 Å². The van der Waals surface area contributed by atoms with Gasteiger partial charge in [0.1, 0.15) is 4.34 Å². The number of carbonyl (C=O) groups is 1. The summed E-state index contributed by atoms with van der Waals surface area (Å²) in [6, 6.07) is 11.1. The molecule has 0 aliphatic rings. The number of nitrogens with zero attached hydrogens (tertiary/aromatic N) is 4. The molecule has 0 bridgehead atoms. The Labute approximate surface area is 166 Å². The normalized spacial score (nSPS) is 10.8. The molecule has 0 aliphatic heterocycles. The molecule has 0 spiro atoms. The van der Waals surface area contributed by atoms with E-state index in [0.29, 0.717) is 19.5 Å². The van der Waals surface area contributed by atoms with Gasteiger partial charge in [-0.25, -0.2) is 4.98 Å². The minimum absolute atomic E-state index is 0.196. The third-order valence-electron chi connectivity index (χ3n) is 3.37. The third kappa shape index (κ3) is 3.49. The highest BCUT2D eigenvalue weighted by atomic mass is 35.5. The number of anilines is 1. The van der Waals surface area contributed by atoms with Gasteiger partial charge < -0.3 is 0 Å². The number of hydrogen-bond acceptors (Lipinski definition) is 6. The molecule has 0 unspecified atom stereocenters.